The van der Waals surface area contributed by atoms with Crippen molar-refractivity contribution in [3.8, 4) is 5.75 Å². The van der Waals surface area contributed by atoms with E-state index in [1.807, 2.05) is 0 Å². The van der Waals surface area contributed by atoms with Crippen molar-refractivity contribution in [2.24, 2.45) is 5.22 Å². The first-order valence-corrected chi connectivity index (χ1v) is 4.50. The summed E-state index contributed by atoms with van der Waals surface area (Å²) in [6, 6.07) is 4.74. The number of methoxy groups -OCH3 is 1. The van der Waals surface area contributed by atoms with Crippen LogP contribution in [0.25, 0.3) is 0 Å². The number of carbonyl (C=O) groups excluding carboxylic acids is 1. The fraction of sp³-hybridized carbons (Fsp3) is 0.200. The maximum absolute atomic E-state index is 10.8. The van der Waals surface area contributed by atoms with Crippen molar-refractivity contribution in [3.63, 3.8) is 0 Å². The summed E-state index contributed by atoms with van der Waals surface area (Å²) in [5.74, 6) is 0.545. The molecular weight excluding hydrogens is 208 g/mol. The second kappa shape index (κ2) is 5.01. The third kappa shape index (κ3) is 2.22. The summed E-state index contributed by atoms with van der Waals surface area (Å²) in [6.07, 6.45) is 0.656. The molecule has 0 fully saturated rings. The van der Waals surface area contributed by atoms with E-state index >= 15 is 0 Å². The van der Waals surface area contributed by atoms with E-state index in [2.05, 4.69) is 5.22 Å². The van der Waals surface area contributed by atoms with Crippen LogP contribution in [0.3, 0.4) is 0 Å². The lowest BCUT2D eigenvalue weighted by molar-refractivity contribution is 0.112. The van der Waals surface area contributed by atoms with Gasteiger partial charge in [-0.25, -0.2) is 5.01 Å². The van der Waals surface area contributed by atoms with Gasteiger partial charge in [-0.3, -0.25) is 10.2 Å². The van der Waals surface area contributed by atoms with E-state index in [4.69, 9.17) is 15.7 Å². The molecule has 0 spiro atoms. The van der Waals surface area contributed by atoms with Gasteiger partial charge in [0.15, 0.2) is 6.29 Å². The molecule has 6 heteroatoms. The van der Waals surface area contributed by atoms with Crippen LogP contribution < -0.4 is 9.75 Å². The predicted octanol–water partition coefficient (Wildman–Crippen LogP) is 2.26. The Morgan fingerprint density at radius 3 is 2.69 bits per heavy atom. The number of ether oxygens (including phenoxy) is 1. The highest BCUT2D eigenvalue weighted by atomic mass is 16.5. The van der Waals surface area contributed by atoms with Crippen LogP contribution >= 0.6 is 0 Å². The van der Waals surface area contributed by atoms with E-state index < -0.39 is 0 Å². The first kappa shape index (κ1) is 11.8. The van der Waals surface area contributed by atoms with E-state index in [1.165, 1.54) is 20.1 Å². The summed E-state index contributed by atoms with van der Waals surface area (Å²) < 4.78 is 4.98. The highest BCUT2D eigenvalue weighted by Gasteiger charge is 2.10. The minimum atomic E-state index is 0.0945. The molecule has 1 aromatic carbocycles. The fourth-order valence-corrected chi connectivity index (χ4v) is 1.27. The molecule has 0 aromatic heterocycles. The first-order valence-electron chi connectivity index (χ1n) is 4.50. The zero-order chi connectivity index (χ0) is 12.1. The molecule has 0 amide bonds. The van der Waals surface area contributed by atoms with Crippen LogP contribution in [0.15, 0.2) is 23.4 Å². The number of benzene rings is 1. The SMILES string of the molecule is COc1ccc(N(N=N)C(C)=N)cc1C=O. The van der Waals surface area contributed by atoms with Crippen molar-refractivity contribution in [3.05, 3.63) is 23.8 Å². The molecule has 84 valence electrons. The van der Waals surface area contributed by atoms with Crippen LogP contribution in [0, 0.1) is 10.9 Å². The Labute approximate surface area is 92.8 Å². The van der Waals surface area contributed by atoms with Crippen molar-refractivity contribution >= 4 is 17.8 Å². The second-order valence-corrected chi connectivity index (χ2v) is 3.04. The zero-order valence-electron chi connectivity index (χ0n) is 9.02. The van der Waals surface area contributed by atoms with Crippen LogP contribution in [-0.2, 0) is 0 Å². The molecule has 0 unspecified atom stereocenters. The molecule has 0 aliphatic heterocycles. The molecule has 6 nitrogen and oxygen atoms in total. The quantitative estimate of drug-likeness (QED) is 0.268. The van der Waals surface area contributed by atoms with E-state index in [-0.39, 0.29) is 5.84 Å². The van der Waals surface area contributed by atoms with Gasteiger partial charge in [0.2, 0.25) is 0 Å². The summed E-state index contributed by atoms with van der Waals surface area (Å²) in [4.78, 5) is 10.8. The van der Waals surface area contributed by atoms with Gasteiger partial charge < -0.3 is 4.74 Å². The third-order valence-corrected chi connectivity index (χ3v) is 2.00. The van der Waals surface area contributed by atoms with Gasteiger partial charge in [-0.1, -0.05) is 5.22 Å². The van der Waals surface area contributed by atoms with Gasteiger partial charge in [-0.15, -0.1) is 0 Å². The summed E-state index contributed by atoms with van der Waals surface area (Å²) in [5.41, 5.74) is 7.78. The van der Waals surface area contributed by atoms with Gasteiger partial charge in [-0.2, -0.15) is 5.53 Å². The fourth-order valence-electron chi connectivity index (χ4n) is 1.27. The molecule has 0 aliphatic rings. The average molecular weight is 220 g/mol. The van der Waals surface area contributed by atoms with E-state index in [1.54, 1.807) is 12.1 Å². The van der Waals surface area contributed by atoms with E-state index in [0.717, 1.165) is 5.01 Å². The molecule has 0 saturated carbocycles. The van der Waals surface area contributed by atoms with Crippen LogP contribution in [0.5, 0.6) is 5.75 Å². The van der Waals surface area contributed by atoms with Crippen molar-refractivity contribution < 1.29 is 9.53 Å². The van der Waals surface area contributed by atoms with Crippen molar-refractivity contribution in [2.45, 2.75) is 6.92 Å². The molecule has 0 saturated heterocycles. The Kier molecular flexibility index (Phi) is 3.71. The van der Waals surface area contributed by atoms with E-state index in [0.29, 0.717) is 23.3 Å². The van der Waals surface area contributed by atoms with Gasteiger partial charge in [0.25, 0.3) is 0 Å². The molecule has 0 atom stereocenters. The zero-order valence-corrected chi connectivity index (χ0v) is 9.02. The molecule has 2 N–H and O–H groups in total. The third-order valence-electron chi connectivity index (χ3n) is 2.00. The van der Waals surface area contributed by atoms with Gasteiger partial charge in [0, 0.05) is 0 Å². The van der Waals surface area contributed by atoms with Crippen molar-refractivity contribution in [2.75, 3.05) is 12.1 Å². The van der Waals surface area contributed by atoms with Gasteiger partial charge in [-0.05, 0) is 25.1 Å². The maximum atomic E-state index is 10.8. The molecule has 0 heterocycles. The van der Waals surface area contributed by atoms with Crippen LogP contribution in [0.4, 0.5) is 5.69 Å². The lowest BCUT2D eigenvalue weighted by Crippen LogP contribution is -2.20. The summed E-state index contributed by atoms with van der Waals surface area (Å²) in [7, 11) is 1.47. The molecule has 1 rings (SSSR count). The number of anilines is 1. The number of aldehydes is 1. The minimum absolute atomic E-state index is 0.0945. The molecule has 16 heavy (non-hydrogen) atoms. The Morgan fingerprint density at radius 2 is 2.25 bits per heavy atom. The Morgan fingerprint density at radius 1 is 1.56 bits per heavy atom. The minimum Gasteiger partial charge on any atom is -0.496 e. The van der Waals surface area contributed by atoms with Gasteiger partial charge in [0.05, 0.1) is 18.4 Å². The Bertz CT molecular complexity index is 431. The lowest BCUT2D eigenvalue weighted by Gasteiger charge is -2.16. The number of nitrogens with zero attached hydrogens (tertiary/aromatic N) is 2. The highest BCUT2D eigenvalue weighted by Crippen LogP contribution is 2.24. The Hall–Kier alpha value is -2.24. The van der Waals surface area contributed by atoms with Gasteiger partial charge >= 0.3 is 0 Å². The number of nitrogens with one attached hydrogen (secondary N) is 2. The summed E-state index contributed by atoms with van der Waals surface area (Å²) in [5, 5.41) is 11.7. The van der Waals surface area contributed by atoms with Crippen molar-refractivity contribution in [1.29, 1.82) is 10.9 Å². The first-order chi connectivity index (χ1) is 7.63. The number of amidine groups is 1. The Balaban J connectivity index is 3.20. The average Bonchev–Trinajstić information content (AvgIpc) is 2.29. The van der Waals surface area contributed by atoms with Gasteiger partial charge in [0.1, 0.15) is 11.6 Å². The van der Waals surface area contributed by atoms with Crippen molar-refractivity contribution in [1.82, 2.24) is 0 Å². The van der Waals surface area contributed by atoms with E-state index in [9.17, 15) is 4.79 Å². The summed E-state index contributed by atoms with van der Waals surface area (Å²) in [6.45, 7) is 1.50. The predicted molar refractivity (Wildman–Crippen MR) is 59.4 cm³/mol. The summed E-state index contributed by atoms with van der Waals surface area (Å²) >= 11 is 0. The number of hydrogen-bond acceptors (Lipinski definition) is 5. The monoisotopic (exact) mass is 220 g/mol. The number of rotatable bonds is 4. The van der Waals surface area contributed by atoms with Crippen LogP contribution in [0.1, 0.15) is 17.3 Å². The molecule has 0 radical (unpaired) electrons. The maximum Gasteiger partial charge on any atom is 0.153 e. The highest BCUT2D eigenvalue weighted by molar-refractivity contribution is 5.94. The van der Waals surface area contributed by atoms with Crippen LogP contribution in [-0.4, -0.2) is 19.2 Å². The second-order valence-electron chi connectivity index (χ2n) is 3.04. The largest absolute Gasteiger partial charge is 0.496 e. The lowest BCUT2D eigenvalue weighted by atomic mass is 10.2. The molecule has 0 aliphatic carbocycles. The molecule has 0 bridgehead atoms. The molecular formula is C10H12N4O2. The topological polar surface area (TPSA) is 89.6 Å². The number of carbonyl (C=O) groups is 1. The molecule has 1 aromatic rings. The van der Waals surface area contributed by atoms with Crippen LogP contribution in [0.2, 0.25) is 0 Å². The number of hydrogen-bond donors (Lipinski definition) is 2. The standard InChI is InChI=1S/C10H12N4O2/c1-7(11)14(13-12)9-3-4-10(16-2)8(5-9)6-15/h3-6,11-12H,1-2H3. The smallest absolute Gasteiger partial charge is 0.153 e. The normalized spacial score (nSPS) is 9.38.